The Balaban J connectivity index is 1.19. The molecule has 1 amide bonds. The first-order valence-corrected chi connectivity index (χ1v) is 10.5. The van der Waals surface area contributed by atoms with Crippen molar-refractivity contribution in [1.82, 2.24) is 10.2 Å². The van der Waals surface area contributed by atoms with E-state index < -0.39 is 6.10 Å². The Labute approximate surface area is 194 Å². The van der Waals surface area contributed by atoms with Crippen LogP contribution < -0.4 is 19.5 Å². The molecule has 1 atom stereocenters. The highest BCUT2D eigenvalue weighted by molar-refractivity contribution is 6.30. The third-order valence-electron chi connectivity index (χ3n) is 4.82. The first kappa shape index (κ1) is 20.8. The second-order valence-corrected chi connectivity index (χ2v) is 7.61. The van der Waals surface area contributed by atoms with E-state index in [9.17, 15) is 4.79 Å². The largest absolute Gasteiger partial charge is 0.485 e. The number of nitrogens with zero attached hydrogens (tertiary/aromatic N) is 2. The van der Waals surface area contributed by atoms with Crippen LogP contribution >= 0.6 is 11.6 Å². The van der Waals surface area contributed by atoms with Gasteiger partial charge in [0, 0.05) is 22.3 Å². The molecule has 8 nitrogen and oxygen atoms in total. The molecular weight excluding hydrogens is 446 g/mol. The van der Waals surface area contributed by atoms with E-state index in [-0.39, 0.29) is 19.1 Å². The summed E-state index contributed by atoms with van der Waals surface area (Å²) in [6.07, 6.45) is -0.755. The van der Waals surface area contributed by atoms with E-state index in [0.717, 1.165) is 5.56 Å². The number of hydrogen-bond acceptors (Lipinski definition) is 7. The molecule has 0 saturated heterocycles. The third kappa shape index (κ3) is 4.91. The fourth-order valence-corrected chi connectivity index (χ4v) is 3.33. The van der Waals surface area contributed by atoms with Crippen molar-refractivity contribution >= 4 is 23.2 Å². The summed E-state index contributed by atoms with van der Waals surface area (Å²) in [6, 6.07) is 21.3. The number of hydrogen-bond donors (Lipinski definition) is 1. The Morgan fingerprint density at radius 2 is 1.85 bits per heavy atom. The Kier molecular flexibility index (Phi) is 5.82. The van der Waals surface area contributed by atoms with Crippen LogP contribution in [0.25, 0.3) is 11.5 Å². The van der Waals surface area contributed by atoms with E-state index in [1.165, 1.54) is 0 Å². The molecule has 0 saturated carbocycles. The van der Waals surface area contributed by atoms with Gasteiger partial charge in [-0.15, -0.1) is 10.2 Å². The lowest BCUT2D eigenvalue weighted by Crippen LogP contribution is -2.40. The molecular formula is C24H18ClN3O5. The van der Waals surface area contributed by atoms with Gasteiger partial charge in [0.15, 0.2) is 18.1 Å². The van der Waals surface area contributed by atoms with Crippen molar-refractivity contribution in [2.24, 2.45) is 0 Å². The molecule has 166 valence electrons. The van der Waals surface area contributed by atoms with Crippen LogP contribution in [0.15, 0.2) is 77.2 Å². The summed E-state index contributed by atoms with van der Waals surface area (Å²) in [7, 11) is 0. The van der Waals surface area contributed by atoms with Crippen LogP contribution in [0, 0.1) is 0 Å². The number of anilines is 1. The molecule has 0 radical (unpaired) electrons. The predicted octanol–water partition coefficient (Wildman–Crippen LogP) is 4.75. The van der Waals surface area contributed by atoms with Gasteiger partial charge in [-0.1, -0.05) is 29.8 Å². The molecule has 3 aromatic carbocycles. The third-order valence-corrected chi connectivity index (χ3v) is 5.07. The molecule has 0 fully saturated rings. The molecule has 5 rings (SSSR count). The van der Waals surface area contributed by atoms with Gasteiger partial charge in [0.1, 0.15) is 12.4 Å². The molecule has 4 aromatic rings. The molecule has 0 spiro atoms. The first-order chi connectivity index (χ1) is 16.1. The number of carbonyl (C=O) groups is 1. The summed E-state index contributed by atoms with van der Waals surface area (Å²) in [5.74, 6) is 2.08. The van der Waals surface area contributed by atoms with Gasteiger partial charge in [0.05, 0.1) is 0 Å². The van der Waals surface area contributed by atoms with E-state index in [4.69, 9.17) is 30.2 Å². The van der Waals surface area contributed by atoms with Crippen molar-refractivity contribution in [2.45, 2.75) is 12.7 Å². The summed E-state index contributed by atoms with van der Waals surface area (Å²) in [5.41, 5.74) is 1.33. The number of amides is 1. The summed E-state index contributed by atoms with van der Waals surface area (Å²) >= 11 is 5.90. The van der Waals surface area contributed by atoms with Gasteiger partial charge in [-0.2, -0.15) is 0 Å². The standard InChI is InChI=1S/C24H18ClN3O5/c25-16-10-8-15(9-11-16)24-28-27-22(33-24)14-30-18-5-3-4-17(12-18)26-23(29)21-13-31-19-6-1-2-7-20(19)32-21/h1-12,21H,13-14H2,(H,26,29)/t21-/m1/s1. The summed E-state index contributed by atoms with van der Waals surface area (Å²) < 4.78 is 22.7. The number of aromatic nitrogens is 2. The number of halogens is 1. The number of para-hydroxylation sites is 2. The fourth-order valence-electron chi connectivity index (χ4n) is 3.20. The van der Waals surface area contributed by atoms with E-state index in [1.807, 2.05) is 12.1 Å². The maximum Gasteiger partial charge on any atom is 0.269 e. The Hall–Kier alpha value is -4.04. The minimum atomic E-state index is -0.755. The summed E-state index contributed by atoms with van der Waals surface area (Å²) in [4.78, 5) is 12.6. The van der Waals surface area contributed by atoms with Crippen LogP contribution in [0.5, 0.6) is 17.2 Å². The smallest absolute Gasteiger partial charge is 0.269 e. The van der Waals surface area contributed by atoms with Crippen LogP contribution in [-0.4, -0.2) is 28.8 Å². The van der Waals surface area contributed by atoms with Crippen molar-refractivity contribution in [3.05, 3.63) is 83.7 Å². The van der Waals surface area contributed by atoms with E-state index in [2.05, 4.69) is 15.5 Å². The molecule has 0 aliphatic carbocycles. The fraction of sp³-hybridized carbons (Fsp3) is 0.125. The van der Waals surface area contributed by atoms with E-state index in [0.29, 0.717) is 39.7 Å². The predicted molar refractivity (Wildman–Crippen MR) is 121 cm³/mol. The van der Waals surface area contributed by atoms with E-state index in [1.54, 1.807) is 60.7 Å². The molecule has 0 unspecified atom stereocenters. The molecule has 33 heavy (non-hydrogen) atoms. The van der Waals surface area contributed by atoms with Crippen molar-refractivity contribution in [1.29, 1.82) is 0 Å². The SMILES string of the molecule is O=C(Nc1cccc(OCc2nnc(-c3ccc(Cl)cc3)o2)c1)[C@H]1COc2ccccc2O1. The minimum Gasteiger partial charge on any atom is -0.485 e. The van der Waals surface area contributed by atoms with Gasteiger partial charge in [-0.3, -0.25) is 4.79 Å². The highest BCUT2D eigenvalue weighted by Gasteiger charge is 2.27. The number of fused-ring (bicyclic) bond motifs is 1. The van der Waals surface area contributed by atoms with Crippen LogP contribution in [0.3, 0.4) is 0 Å². The minimum absolute atomic E-state index is 0.0777. The quantitative estimate of drug-likeness (QED) is 0.441. The second kappa shape index (κ2) is 9.22. The number of carbonyl (C=O) groups excluding carboxylic acids is 1. The number of benzene rings is 3. The average molecular weight is 464 g/mol. The van der Waals surface area contributed by atoms with Gasteiger partial charge in [0.2, 0.25) is 12.0 Å². The average Bonchev–Trinajstić information content (AvgIpc) is 3.32. The zero-order valence-electron chi connectivity index (χ0n) is 17.2. The lowest BCUT2D eigenvalue weighted by atomic mass is 10.2. The monoisotopic (exact) mass is 463 g/mol. The Morgan fingerprint density at radius 3 is 2.70 bits per heavy atom. The van der Waals surface area contributed by atoms with Crippen molar-refractivity contribution < 1.29 is 23.4 Å². The van der Waals surface area contributed by atoms with Crippen LogP contribution in [0.2, 0.25) is 5.02 Å². The summed E-state index contributed by atoms with van der Waals surface area (Å²) in [5, 5.41) is 11.5. The van der Waals surface area contributed by atoms with Crippen LogP contribution in [-0.2, 0) is 11.4 Å². The second-order valence-electron chi connectivity index (χ2n) is 7.18. The van der Waals surface area contributed by atoms with Gasteiger partial charge in [-0.05, 0) is 48.5 Å². The first-order valence-electron chi connectivity index (χ1n) is 10.1. The zero-order valence-corrected chi connectivity index (χ0v) is 18.0. The van der Waals surface area contributed by atoms with Crippen molar-refractivity contribution in [3.8, 4) is 28.7 Å². The zero-order chi connectivity index (χ0) is 22.6. The maximum absolute atomic E-state index is 12.6. The molecule has 2 heterocycles. The lowest BCUT2D eigenvalue weighted by molar-refractivity contribution is -0.125. The lowest BCUT2D eigenvalue weighted by Gasteiger charge is -2.25. The highest BCUT2D eigenvalue weighted by Crippen LogP contribution is 2.31. The van der Waals surface area contributed by atoms with Gasteiger partial charge >= 0.3 is 0 Å². The highest BCUT2D eigenvalue weighted by atomic mass is 35.5. The molecule has 1 aliphatic rings. The molecule has 1 N–H and O–H groups in total. The normalized spacial score (nSPS) is 14.5. The molecule has 1 aromatic heterocycles. The van der Waals surface area contributed by atoms with Crippen LogP contribution in [0.1, 0.15) is 5.89 Å². The van der Waals surface area contributed by atoms with Crippen LogP contribution in [0.4, 0.5) is 5.69 Å². The molecule has 9 heteroatoms. The van der Waals surface area contributed by atoms with Crippen molar-refractivity contribution in [3.63, 3.8) is 0 Å². The van der Waals surface area contributed by atoms with Crippen molar-refractivity contribution in [2.75, 3.05) is 11.9 Å². The molecule has 1 aliphatic heterocycles. The summed E-state index contributed by atoms with van der Waals surface area (Å²) in [6.45, 7) is 0.209. The Morgan fingerprint density at radius 1 is 1.03 bits per heavy atom. The number of rotatable bonds is 6. The van der Waals surface area contributed by atoms with E-state index >= 15 is 0 Å². The van der Waals surface area contributed by atoms with Gasteiger partial charge in [-0.25, -0.2) is 0 Å². The van der Waals surface area contributed by atoms with Gasteiger partial charge < -0.3 is 23.9 Å². The van der Waals surface area contributed by atoms with Gasteiger partial charge in [0.25, 0.3) is 11.8 Å². The topological polar surface area (TPSA) is 95.7 Å². The maximum atomic E-state index is 12.6. The molecule has 0 bridgehead atoms. The Bertz CT molecular complexity index is 1280. The number of nitrogens with one attached hydrogen (secondary N) is 1. The number of ether oxygens (including phenoxy) is 3.